The maximum absolute atomic E-state index is 5.83. The van der Waals surface area contributed by atoms with Gasteiger partial charge in [0.25, 0.3) is 0 Å². The normalized spacial score (nSPS) is 23.6. The van der Waals surface area contributed by atoms with Gasteiger partial charge in [-0.25, -0.2) is 0 Å². The van der Waals surface area contributed by atoms with Gasteiger partial charge in [0.2, 0.25) is 0 Å². The summed E-state index contributed by atoms with van der Waals surface area (Å²) in [6.45, 7) is 2.12. The number of ether oxygens (including phenoxy) is 1. The molecular weight excluding hydrogens is 232 g/mol. The number of hydrogen-bond acceptors (Lipinski definition) is 1. The molecule has 1 aromatic rings. The van der Waals surface area contributed by atoms with Gasteiger partial charge in [-0.3, -0.25) is 0 Å². The molecular formula is C15H17ClO. The Morgan fingerprint density at radius 1 is 1.35 bits per heavy atom. The second-order valence-corrected chi connectivity index (χ2v) is 4.63. The van der Waals surface area contributed by atoms with Gasteiger partial charge in [0, 0.05) is 19.4 Å². The van der Waals surface area contributed by atoms with E-state index < -0.39 is 0 Å². The average molecular weight is 249 g/mol. The lowest BCUT2D eigenvalue weighted by molar-refractivity contribution is 0.0299. The van der Waals surface area contributed by atoms with E-state index in [1.165, 1.54) is 11.1 Å². The summed E-state index contributed by atoms with van der Waals surface area (Å²) >= 11 is 5.83. The number of hydrogen-bond donors (Lipinski definition) is 0. The van der Waals surface area contributed by atoms with Gasteiger partial charge < -0.3 is 4.74 Å². The fraction of sp³-hybridized carbons (Fsp3) is 0.333. The van der Waals surface area contributed by atoms with E-state index in [2.05, 4.69) is 49.4 Å². The number of methoxy groups -OCH3 is 1. The summed E-state index contributed by atoms with van der Waals surface area (Å²) in [5.74, 6) is 0.560. The summed E-state index contributed by atoms with van der Waals surface area (Å²) < 4.78 is 5.76. The molecule has 0 bridgehead atoms. The van der Waals surface area contributed by atoms with Crippen LogP contribution in [0.15, 0.2) is 48.1 Å². The molecule has 1 aliphatic carbocycles. The number of allylic oxidation sites excluding steroid dienone is 2. The maximum Gasteiger partial charge on any atom is 0.115 e. The van der Waals surface area contributed by atoms with Crippen molar-refractivity contribution >= 4 is 11.6 Å². The van der Waals surface area contributed by atoms with Crippen molar-refractivity contribution < 1.29 is 4.74 Å². The SMILES string of the molecule is COC1(c2ccccc2C)C=CC(CCl)=CC1. The first-order valence-corrected chi connectivity index (χ1v) is 6.31. The zero-order chi connectivity index (χ0) is 12.3. The minimum atomic E-state index is -0.332. The van der Waals surface area contributed by atoms with Crippen LogP contribution < -0.4 is 0 Å². The maximum atomic E-state index is 5.83. The third-order valence-corrected chi connectivity index (χ3v) is 3.66. The Bertz CT molecular complexity index is 462. The molecule has 1 aliphatic rings. The molecule has 1 nitrogen and oxygen atoms in total. The van der Waals surface area contributed by atoms with Gasteiger partial charge in [0.15, 0.2) is 0 Å². The van der Waals surface area contributed by atoms with E-state index in [1.54, 1.807) is 7.11 Å². The van der Waals surface area contributed by atoms with Crippen LogP contribution in [-0.4, -0.2) is 13.0 Å². The zero-order valence-electron chi connectivity index (χ0n) is 10.2. The quantitative estimate of drug-likeness (QED) is 0.736. The smallest absolute Gasteiger partial charge is 0.115 e. The first-order valence-electron chi connectivity index (χ1n) is 5.77. The highest BCUT2D eigenvalue weighted by Gasteiger charge is 2.31. The van der Waals surface area contributed by atoms with E-state index in [1.807, 2.05) is 0 Å². The number of rotatable bonds is 3. The Labute approximate surface area is 108 Å². The molecule has 90 valence electrons. The lowest BCUT2D eigenvalue weighted by Crippen LogP contribution is -2.28. The van der Waals surface area contributed by atoms with E-state index in [0.717, 1.165) is 12.0 Å². The van der Waals surface area contributed by atoms with Crippen LogP contribution in [0, 0.1) is 6.92 Å². The van der Waals surface area contributed by atoms with Crippen LogP contribution in [0.3, 0.4) is 0 Å². The molecule has 1 unspecified atom stereocenters. The Hall–Kier alpha value is -1.05. The molecule has 1 aromatic carbocycles. The molecule has 0 saturated heterocycles. The molecule has 0 heterocycles. The van der Waals surface area contributed by atoms with E-state index >= 15 is 0 Å². The lowest BCUT2D eigenvalue weighted by atomic mass is 9.83. The van der Waals surface area contributed by atoms with Crippen LogP contribution in [0.25, 0.3) is 0 Å². The number of aryl methyl sites for hydroxylation is 1. The second kappa shape index (κ2) is 5.07. The predicted molar refractivity (Wildman–Crippen MR) is 72.4 cm³/mol. The van der Waals surface area contributed by atoms with Gasteiger partial charge in [0.1, 0.15) is 5.60 Å². The van der Waals surface area contributed by atoms with Crippen molar-refractivity contribution in [3.05, 3.63) is 59.2 Å². The first kappa shape index (κ1) is 12.4. The van der Waals surface area contributed by atoms with Crippen molar-refractivity contribution in [1.29, 1.82) is 0 Å². The largest absolute Gasteiger partial charge is 0.369 e. The van der Waals surface area contributed by atoms with Crippen LogP contribution in [-0.2, 0) is 10.3 Å². The summed E-state index contributed by atoms with van der Waals surface area (Å²) in [6, 6.07) is 8.35. The van der Waals surface area contributed by atoms with Gasteiger partial charge in [0.05, 0.1) is 0 Å². The summed E-state index contributed by atoms with van der Waals surface area (Å²) in [7, 11) is 1.76. The third kappa shape index (κ3) is 2.31. The molecule has 0 spiro atoms. The monoisotopic (exact) mass is 248 g/mol. The number of halogens is 1. The molecule has 0 fully saturated rings. The minimum absolute atomic E-state index is 0.332. The van der Waals surface area contributed by atoms with E-state index in [9.17, 15) is 0 Å². The molecule has 0 aliphatic heterocycles. The molecule has 2 rings (SSSR count). The number of benzene rings is 1. The van der Waals surface area contributed by atoms with Crippen molar-refractivity contribution in [3.8, 4) is 0 Å². The first-order chi connectivity index (χ1) is 8.22. The molecule has 0 amide bonds. The molecule has 17 heavy (non-hydrogen) atoms. The predicted octanol–water partition coefficient (Wildman–Crippen LogP) is 3.96. The van der Waals surface area contributed by atoms with Crippen molar-refractivity contribution in [2.45, 2.75) is 18.9 Å². The van der Waals surface area contributed by atoms with Gasteiger partial charge in [-0.2, -0.15) is 0 Å². The van der Waals surface area contributed by atoms with Crippen LogP contribution in [0.5, 0.6) is 0 Å². The van der Waals surface area contributed by atoms with Gasteiger partial charge in [-0.1, -0.05) is 36.4 Å². The summed E-state index contributed by atoms with van der Waals surface area (Å²) in [4.78, 5) is 0. The van der Waals surface area contributed by atoms with Crippen LogP contribution >= 0.6 is 11.6 Å². The fourth-order valence-corrected chi connectivity index (χ4v) is 2.47. The Balaban J connectivity index is 2.39. The molecule has 0 saturated carbocycles. The van der Waals surface area contributed by atoms with Crippen LogP contribution in [0.2, 0.25) is 0 Å². The fourth-order valence-electron chi connectivity index (χ4n) is 2.27. The van der Waals surface area contributed by atoms with Gasteiger partial charge in [-0.15, -0.1) is 11.6 Å². The Morgan fingerprint density at radius 3 is 2.65 bits per heavy atom. The van der Waals surface area contributed by atoms with Crippen molar-refractivity contribution in [2.75, 3.05) is 13.0 Å². The summed E-state index contributed by atoms with van der Waals surface area (Å²) in [5, 5.41) is 0. The minimum Gasteiger partial charge on any atom is -0.369 e. The molecule has 1 atom stereocenters. The Morgan fingerprint density at radius 2 is 2.12 bits per heavy atom. The van der Waals surface area contributed by atoms with E-state index in [4.69, 9.17) is 16.3 Å². The highest BCUT2D eigenvalue weighted by molar-refractivity contribution is 6.19. The molecule has 0 radical (unpaired) electrons. The van der Waals surface area contributed by atoms with E-state index in [-0.39, 0.29) is 5.60 Å². The van der Waals surface area contributed by atoms with Crippen LogP contribution in [0.1, 0.15) is 17.5 Å². The molecule has 2 heteroatoms. The number of alkyl halides is 1. The lowest BCUT2D eigenvalue weighted by Gasteiger charge is -2.32. The molecule has 0 aromatic heterocycles. The average Bonchev–Trinajstić information content (AvgIpc) is 2.39. The summed E-state index contributed by atoms with van der Waals surface area (Å²) in [5.41, 5.74) is 3.30. The zero-order valence-corrected chi connectivity index (χ0v) is 11.0. The van der Waals surface area contributed by atoms with Crippen molar-refractivity contribution in [2.24, 2.45) is 0 Å². The molecule has 0 N–H and O–H groups in total. The van der Waals surface area contributed by atoms with Crippen LogP contribution in [0.4, 0.5) is 0 Å². The Kier molecular flexibility index (Phi) is 3.70. The second-order valence-electron chi connectivity index (χ2n) is 4.36. The highest BCUT2D eigenvalue weighted by atomic mass is 35.5. The van der Waals surface area contributed by atoms with Crippen molar-refractivity contribution in [1.82, 2.24) is 0 Å². The topological polar surface area (TPSA) is 9.23 Å². The van der Waals surface area contributed by atoms with Gasteiger partial charge >= 0.3 is 0 Å². The third-order valence-electron chi connectivity index (χ3n) is 3.35. The van der Waals surface area contributed by atoms with Crippen molar-refractivity contribution in [3.63, 3.8) is 0 Å². The summed E-state index contributed by atoms with van der Waals surface area (Å²) in [6.07, 6.45) is 7.18. The highest BCUT2D eigenvalue weighted by Crippen LogP contribution is 2.36. The van der Waals surface area contributed by atoms with E-state index in [0.29, 0.717) is 5.88 Å². The standard InChI is InChI=1S/C15H17ClO/c1-12-5-3-4-6-14(12)15(17-2)9-7-13(11-16)8-10-15/h3-9H,10-11H2,1-2H3. The van der Waals surface area contributed by atoms with Gasteiger partial charge in [-0.05, 0) is 29.7 Å².